The van der Waals surface area contributed by atoms with Crippen molar-refractivity contribution in [3.05, 3.63) is 53.9 Å². The fraction of sp³-hybridized carbons (Fsp3) is 0.316. The number of nitrogens with one attached hydrogen (secondary N) is 1. The largest absolute Gasteiger partial charge is 0.354 e. The topological polar surface area (TPSA) is 69.0 Å². The molecule has 1 amide bonds. The Morgan fingerprint density at radius 1 is 1.29 bits per heavy atom. The van der Waals surface area contributed by atoms with E-state index in [2.05, 4.69) is 23.3 Å². The lowest BCUT2D eigenvalue weighted by Crippen LogP contribution is -2.38. The third-order valence-corrected chi connectivity index (χ3v) is 4.38. The summed E-state index contributed by atoms with van der Waals surface area (Å²) in [6.07, 6.45) is 3.70. The molecule has 0 bridgehead atoms. The third kappa shape index (κ3) is 3.54. The van der Waals surface area contributed by atoms with E-state index in [0.29, 0.717) is 17.2 Å². The third-order valence-electron chi connectivity index (χ3n) is 4.38. The Bertz CT molecular complexity index is 773. The number of nitrogens with zero attached hydrogens (tertiary/aromatic N) is 3. The van der Waals surface area contributed by atoms with Gasteiger partial charge in [-0.25, -0.2) is 0 Å². The van der Waals surface area contributed by atoms with Crippen molar-refractivity contribution in [2.45, 2.75) is 19.8 Å². The number of anilines is 2. The summed E-state index contributed by atoms with van der Waals surface area (Å²) in [5.41, 5.74) is 2.47. The monoisotopic (exact) mass is 320 g/mol. The molecule has 1 N–H and O–H groups in total. The van der Waals surface area contributed by atoms with Gasteiger partial charge in [0, 0.05) is 25.0 Å². The van der Waals surface area contributed by atoms with Gasteiger partial charge in [0.05, 0.1) is 11.3 Å². The fourth-order valence-corrected chi connectivity index (χ4v) is 2.84. The smallest absolute Gasteiger partial charge is 0.272 e. The SMILES string of the molecule is CC1CCN(C(=O)c2cc(Nc3ccccc3C#N)ccn2)CC1. The van der Waals surface area contributed by atoms with E-state index in [9.17, 15) is 4.79 Å². The number of likely N-dealkylation sites (tertiary alicyclic amines) is 1. The number of hydrogen-bond acceptors (Lipinski definition) is 4. The van der Waals surface area contributed by atoms with Crippen LogP contribution in [0.1, 0.15) is 35.8 Å². The van der Waals surface area contributed by atoms with Crippen molar-refractivity contribution in [3.63, 3.8) is 0 Å². The van der Waals surface area contributed by atoms with Crippen LogP contribution in [-0.2, 0) is 0 Å². The second-order valence-electron chi connectivity index (χ2n) is 6.19. The van der Waals surface area contributed by atoms with Gasteiger partial charge in [0.1, 0.15) is 11.8 Å². The van der Waals surface area contributed by atoms with Crippen LogP contribution in [0.5, 0.6) is 0 Å². The van der Waals surface area contributed by atoms with Gasteiger partial charge in [0.25, 0.3) is 5.91 Å². The van der Waals surface area contributed by atoms with Gasteiger partial charge in [-0.15, -0.1) is 0 Å². The molecule has 1 aliphatic rings. The molecule has 3 rings (SSSR count). The highest BCUT2D eigenvalue weighted by Crippen LogP contribution is 2.22. The molecule has 2 aromatic rings. The predicted octanol–water partition coefficient (Wildman–Crippen LogP) is 3.57. The standard InChI is InChI=1S/C19H20N4O/c1-14-7-10-23(11-8-14)19(24)18-12-16(6-9-21-18)22-17-5-3-2-4-15(17)13-20/h2-6,9,12,14H,7-8,10-11H2,1H3,(H,21,22). The van der Waals surface area contributed by atoms with E-state index >= 15 is 0 Å². The number of rotatable bonds is 3. The molecule has 5 nitrogen and oxygen atoms in total. The van der Waals surface area contributed by atoms with Crippen LogP contribution in [0.3, 0.4) is 0 Å². The second-order valence-corrected chi connectivity index (χ2v) is 6.19. The van der Waals surface area contributed by atoms with Crippen LogP contribution in [-0.4, -0.2) is 28.9 Å². The van der Waals surface area contributed by atoms with Gasteiger partial charge >= 0.3 is 0 Å². The van der Waals surface area contributed by atoms with Crippen molar-refractivity contribution >= 4 is 17.3 Å². The lowest BCUT2D eigenvalue weighted by atomic mass is 9.99. The molecule has 1 fully saturated rings. The normalized spacial score (nSPS) is 14.9. The molecule has 1 aliphatic heterocycles. The van der Waals surface area contributed by atoms with Crippen LogP contribution in [0.15, 0.2) is 42.6 Å². The zero-order valence-corrected chi connectivity index (χ0v) is 13.7. The Morgan fingerprint density at radius 3 is 2.79 bits per heavy atom. The molecule has 0 unspecified atom stereocenters. The molecule has 1 aromatic carbocycles. The number of benzene rings is 1. The zero-order chi connectivity index (χ0) is 16.9. The maximum atomic E-state index is 12.6. The summed E-state index contributed by atoms with van der Waals surface area (Å²) in [6, 6.07) is 13.0. The first-order valence-electron chi connectivity index (χ1n) is 8.19. The van der Waals surface area contributed by atoms with Crippen molar-refractivity contribution in [1.82, 2.24) is 9.88 Å². The number of hydrogen-bond donors (Lipinski definition) is 1. The van der Waals surface area contributed by atoms with E-state index in [0.717, 1.165) is 37.3 Å². The van der Waals surface area contributed by atoms with E-state index in [-0.39, 0.29) is 5.91 Å². The molecule has 0 spiro atoms. The number of pyridine rings is 1. The van der Waals surface area contributed by atoms with E-state index < -0.39 is 0 Å². The average molecular weight is 320 g/mol. The summed E-state index contributed by atoms with van der Waals surface area (Å²) in [4.78, 5) is 18.7. The highest BCUT2D eigenvalue weighted by atomic mass is 16.2. The van der Waals surface area contributed by atoms with Gasteiger partial charge in [0.15, 0.2) is 0 Å². The minimum absolute atomic E-state index is 0.0286. The minimum atomic E-state index is -0.0286. The van der Waals surface area contributed by atoms with Crippen LogP contribution in [0.25, 0.3) is 0 Å². The minimum Gasteiger partial charge on any atom is -0.354 e. The maximum Gasteiger partial charge on any atom is 0.272 e. The number of piperidine rings is 1. The van der Waals surface area contributed by atoms with Crippen LogP contribution >= 0.6 is 0 Å². The molecule has 5 heteroatoms. The molecular formula is C19H20N4O. The molecule has 1 saturated heterocycles. The van der Waals surface area contributed by atoms with Crippen molar-refractivity contribution < 1.29 is 4.79 Å². The number of carbonyl (C=O) groups excluding carboxylic acids is 1. The molecule has 0 aliphatic carbocycles. The predicted molar refractivity (Wildman–Crippen MR) is 93.0 cm³/mol. The van der Waals surface area contributed by atoms with Crippen LogP contribution < -0.4 is 5.32 Å². The Morgan fingerprint density at radius 2 is 2.04 bits per heavy atom. The summed E-state index contributed by atoms with van der Waals surface area (Å²) in [6.45, 7) is 3.80. The number of amides is 1. The molecule has 24 heavy (non-hydrogen) atoms. The molecule has 122 valence electrons. The van der Waals surface area contributed by atoms with Gasteiger partial charge in [-0.1, -0.05) is 19.1 Å². The molecule has 2 heterocycles. The van der Waals surface area contributed by atoms with E-state index in [4.69, 9.17) is 5.26 Å². The quantitative estimate of drug-likeness (QED) is 0.938. The van der Waals surface area contributed by atoms with Crippen LogP contribution in [0.4, 0.5) is 11.4 Å². The van der Waals surface area contributed by atoms with Crippen molar-refractivity contribution in [3.8, 4) is 6.07 Å². The van der Waals surface area contributed by atoms with Crippen molar-refractivity contribution in [2.75, 3.05) is 18.4 Å². The molecule has 0 atom stereocenters. The second kappa shape index (κ2) is 7.14. The lowest BCUT2D eigenvalue weighted by Gasteiger charge is -2.30. The maximum absolute atomic E-state index is 12.6. The van der Waals surface area contributed by atoms with Gasteiger partial charge in [-0.2, -0.15) is 5.26 Å². The van der Waals surface area contributed by atoms with E-state index in [1.807, 2.05) is 23.1 Å². The molecule has 0 saturated carbocycles. The summed E-state index contributed by atoms with van der Waals surface area (Å²) in [5, 5.41) is 12.4. The number of carbonyl (C=O) groups is 1. The van der Waals surface area contributed by atoms with Crippen LogP contribution in [0, 0.1) is 17.2 Å². The van der Waals surface area contributed by atoms with Crippen LogP contribution in [0.2, 0.25) is 0 Å². The Balaban J connectivity index is 1.77. The molecule has 1 aromatic heterocycles. The first-order chi connectivity index (χ1) is 11.7. The van der Waals surface area contributed by atoms with Gasteiger partial charge in [-0.3, -0.25) is 9.78 Å². The Hall–Kier alpha value is -2.87. The Labute approximate surface area is 141 Å². The first kappa shape index (κ1) is 16.0. The molecule has 0 radical (unpaired) electrons. The van der Waals surface area contributed by atoms with E-state index in [1.165, 1.54) is 0 Å². The van der Waals surface area contributed by atoms with Gasteiger partial charge in [-0.05, 0) is 43.0 Å². The fourth-order valence-electron chi connectivity index (χ4n) is 2.84. The zero-order valence-electron chi connectivity index (χ0n) is 13.7. The highest BCUT2D eigenvalue weighted by Gasteiger charge is 2.22. The van der Waals surface area contributed by atoms with Crippen molar-refractivity contribution in [2.24, 2.45) is 5.92 Å². The summed E-state index contributed by atoms with van der Waals surface area (Å²) < 4.78 is 0. The number of para-hydroxylation sites is 1. The first-order valence-corrected chi connectivity index (χ1v) is 8.19. The number of aromatic nitrogens is 1. The Kier molecular flexibility index (Phi) is 4.76. The average Bonchev–Trinajstić information content (AvgIpc) is 2.62. The highest BCUT2D eigenvalue weighted by molar-refractivity contribution is 5.93. The molecular weight excluding hydrogens is 300 g/mol. The number of nitriles is 1. The van der Waals surface area contributed by atoms with Gasteiger partial charge in [0.2, 0.25) is 0 Å². The van der Waals surface area contributed by atoms with Gasteiger partial charge < -0.3 is 10.2 Å². The van der Waals surface area contributed by atoms with E-state index in [1.54, 1.807) is 24.4 Å². The lowest BCUT2D eigenvalue weighted by molar-refractivity contribution is 0.0691. The summed E-state index contributed by atoms with van der Waals surface area (Å²) in [7, 11) is 0. The van der Waals surface area contributed by atoms with Crippen molar-refractivity contribution in [1.29, 1.82) is 5.26 Å². The summed E-state index contributed by atoms with van der Waals surface area (Å²) in [5.74, 6) is 0.650. The summed E-state index contributed by atoms with van der Waals surface area (Å²) >= 11 is 0.